The van der Waals surface area contributed by atoms with Crippen LogP contribution in [0.3, 0.4) is 0 Å². The fourth-order valence-corrected chi connectivity index (χ4v) is 3.49. The summed E-state index contributed by atoms with van der Waals surface area (Å²) in [6.07, 6.45) is 3.63. The average molecular weight is 338 g/mol. The Balaban J connectivity index is 1.89. The molecule has 1 fully saturated rings. The Morgan fingerprint density at radius 3 is 3.00 bits per heavy atom. The Hall–Kier alpha value is -2.88. The van der Waals surface area contributed by atoms with Crippen molar-refractivity contribution >= 4 is 17.4 Å². The van der Waals surface area contributed by atoms with Crippen molar-refractivity contribution in [2.24, 2.45) is 0 Å². The van der Waals surface area contributed by atoms with Gasteiger partial charge in [-0.3, -0.25) is 9.89 Å². The second-order valence-corrected chi connectivity index (χ2v) is 6.55. The number of piperidine rings is 1. The number of rotatable bonds is 3. The number of pyridine rings is 1. The van der Waals surface area contributed by atoms with Crippen LogP contribution in [0.5, 0.6) is 0 Å². The van der Waals surface area contributed by atoms with E-state index >= 15 is 0 Å². The normalized spacial score (nSPS) is 17.2. The Kier molecular flexibility index (Phi) is 4.70. The zero-order chi connectivity index (χ0) is 18.0. The number of nitrogens with one attached hydrogen (secondary N) is 2. The van der Waals surface area contributed by atoms with Crippen molar-refractivity contribution in [3.05, 3.63) is 34.8 Å². The first-order chi connectivity index (χ1) is 12.0. The molecule has 1 amide bonds. The van der Waals surface area contributed by atoms with E-state index in [0.717, 1.165) is 54.4 Å². The molecule has 1 saturated heterocycles. The fourth-order valence-electron chi connectivity index (χ4n) is 3.49. The van der Waals surface area contributed by atoms with Crippen LogP contribution >= 0.6 is 0 Å². The summed E-state index contributed by atoms with van der Waals surface area (Å²) in [6.45, 7) is 6.98. The number of hydrogen-bond acceptors (Lipinski definition) is 5. The quantitative estimate of drug-likeness (QED) is 0.896. The van der Waals surface area contributed by atoms with Crippen LogP contribution in [0.1, 0.15) is 48.2 Å². The van der Waals surface area contributed by atoms with Gasteiger partial charge in [-0.05, 0) is 38.3 Å². The summed E-state index contributed by atoms with van der Waals surface area (Å²) < 4.78 is 0. The van der Waals surface area contributed by atoms with E-state index in [1.165, 1.54) is 6.92 Å². The highest BCUT2D eigenvalue weighted by molar-refractivity contribution is 5.89. The van der Waals surface area contributed by atoms with Crippen LogP contribution in [0, 0.1) is 25.2 Å². The highest BCUT2D eigenvalue weighted by Crippen LogP contribution is 2.33. The third kappa shape index (κ3) is 3.48. The summed E-state index contributed by atoms with van der Waals surface area (Å²) in [5.41, 5.74) is 4.16. The molecule has 1 unspecified atom stereocenters. The predicted molar refractivity (Wildman–Crippen MR) is 95.5 cm³/mol. The van der Waals surface area contributed by atoms with Crippen molar-refractivity contribution in [2.45, 2.75) is 39.5 Å². The lowest BCUT2D eigenvalue weighted by Gasteiger charge is -2.34. The van der Waals surface area contributed by atoms with Gasteiger partial charge in [-0.15, -0.1) is 0 Å². The molecule has 0 radical (unpaired) electrons. The van der Waals surface area contributed by atoms with Crippen molar-refractivity contribution in [3.8, 4) is 6.07 Å². The van der Waals surface area contributed by atoms with Gasteiger partial charge in [-0.25, -0.2) is 4.98 Å². The number of aromatic nitrogens is 3. The third-order valence-corrected chi connectivity index (χ3v) is 4.55. The summed E-state index contributed by atoms with van der Waals surface area (Å²) in [4.78, 5) is 18.2. The monoisotopic (exact) mass is 338 g/mol. The largest absolute Gasteiger partial charge is 0.355 e. The summed E-state index contributed by atoms with van der Waals surface area (Å²) in [5, 5.41) is 19.5. The van der Waals surface area contributed by atoms with Gasteiger partial charge in [0.25, 0.3) is 0 Å². The summed E-state index contributed by atoms with van der Waals surface area (Å²) in [5.74, 6) is 0.843. The molecule has 7 heteroatoms. The van der Waals surface area contributed by atoms with Gasteiger partial charge in [0.1, 0.15) is 11.9 Å². The predicted octanol–water partition coefficient (Wildman–Crippen LogP) is 2.64. The van der Waals surface area contributed by atoms with Crippen molar-refractivity contribution in [3.63, 3.8) is 0 Å². The van der Waals surface area contributed by atoms with Crippen molar-refractivity contribution in [1.29, 1.82) is 5.26 Å². The Bertz CT molecular complexity index is 835. The number of aryl methyl sites for hydroxylation is 2. The molecule has 0 aliphatic carbocycles. The maximum atomic E-state index is 11.4. The highest BCUT2D eigenvalue weighted by atomic mass is 16.1. The number of anilines is 2. The number of H-pyrrole nitrogens is 1. The number of nitrogens with zero attached hydrogens (tertiary/aromatic N) is 4. The van der Waals surface area contributed by atoms with E-state index in [4.69, 9.17) is 0 Å². The smallest absolute Gasteiger partial charge is 0.221 e. The van der Waals surface area contributed by atoms with E-state index in [0.29, 0.717) is 5.56 Å². The molecule has 2 aromatic rings. The molecule has 1 aliphatic heterocycles. The molecule has 2 aromatic heterocycles. The minimum absolute atomic E-state index is 0.113. The first-order valence-corrected chi connectivity index (χ1v) is 8.43. The van der Waals surface area contributed by atoms with Crippen molar-refractivity contribution in [2.75, 3.05) is 23.3 Å². The van der Waals surface area contributed by atoms with E-state index in [1.54, 1.807) is 6.20 Å². The van der Waals surface area contributed by atoms with E-state index in [9.17, 15) is 10.1 Å². The summed E-state index contributed by atoms with van der Waals surface area (Å²) in [6, 6.07) is 4.23. The van der Waals surface area contributed by atoms with Gasteiger partial charge in [-0.2, -0.15) is 10.4 Å². The van der Waals surface area contributed by atoms with Gasteiger partial charge < -0.3 is 10.2 Å². The summed E-state index contributed by atoms with van der Waals surface area (Å²) in [7, 11) is 0. The average Bonchev–Trinajstić information content (AvgIpc) is 3.01. The first kappa shape index (κ1) is 17.0. The molecule has 2 N–H and O–H groups in total. The maximum Gasteiger partial charge on any atom is 0.221 e. The zero-order valence-corrected chi connectivity index (χ0v) is 14.8. The van der Waals surface area contributed by atoms with Crippen LogP contribution in [0.2, 0.25) is 0 Å². The first-order valence-electron chi connectivity index (χ1n) is 8.43. The lowest BCUT2D eigenvalue weighted by Crippen LogP contribution is -2.36. The van der Waals surface area contributed by atoms with E-state index in [2.05, 4.69) is 31.5 Å². The standard InChI is InChI=1S/C18H22N6O/c1-11-7-12(2)21-18(15(11)8-19)24-6-4-5-14(10-24)17-16(9-20-23-17)22-13(3)25/h7,9,14H,4-6,10H2,1-3H3,(H,20,23)(H,22,25). The van der Waals surface area contributed by atoms with E-state index < -0.39 is 0 Å². The molecule has 0 bridgehead atoms. The van der Waals surface area contributed by atoms with Crippen LogP contribution in [0.15, 0.2) is 12.3 Å². The van der Waals surface area contributed by atoms with Crippen LogP contribution in [-0.2, 0) is 4.79 Å². The van der Waals surface area contributed by atoms with Gasteiger partial charge in [0.05, 0.1) is 23.1 Å². The third-order valence-electron chi connectivity index (χ3n) is 4.55. The number of aromatic amines is 1. The van der Waals surface area contributed by atoms with Gasteiger partial charge in [-0.1, -0.05) is 0 Å². The Morgan fingerprint density at radius 2 is 2.28 bits per heavy atom. The lowest BCUT2D eigenvalue weighted by molar-refractivity contribution is -0.114. The van der Waals surface area contributed by atoms with Crippen LogP contribution in [-0.4, -0.2) is 34.2 Å². The highest BCUT2D eigenvalue weighted by Gasteiger charge is 2.27. The van der Waals surface area contributed by atoms with Gasteiger partial charge >= 0.3 is 0 Å². The second kappa shape index (κ2) is 6.93. The maximum absolute atomic E-state index is 11.4. The van der Waals surface area contributed by atoms with Gasteiger partial charge in [0, 0.05) is 31.6 Å². The molecule has 0 spiro atoms. The summed E-state index contributed by atoms with van der Waals surface area (Å²) >= 11 is 0. The molecule has 130 valence electrons. The second-order valence-electron chi connectivity index (χ2n) is 6.55. The Labute approximate surface area is 147 Å². The molecule has 0 aromatic carbocycles. The lowest BCUT2D eigenvalue weighted by atomic mass is 9.93. The topological polar surface area (TPSA) is 97.7 Å². The zero-order valence-electron chi connectivity index (χ0n) is 14.8. The van der Waals surface area contributed by atoms with E-state index in [-0.39, 0.29) is 11.8 Å². The number of hydrogen-bond donors (Lipinski definition) is 2. The number of amides is 1. The van der Waals surface area contributed by atoms with Crippen molar-refractivity contribution in [1.82, 2.24) is 15.2 Å². The minimum Gasteiger partial charge on any atom is -0.355 e. The minimum atomic E-state index is -0.113. The van der Waals surface area contributed by atoms with Crippen molar-refractivity contribution < 1.29 is 4.79 Å². The van der Waals surface area contributed by atoms with Gasteiger partial charge in [0.15, 0.2) is 0 Å². The molecule has 7 nitrogen and oxygen atoms in total. The molecule has 3 heterocycles. The number of nitriles is 1. The molecule has 25 heavy (non-hydrogen) atoms. The molecular formula is C18H22N6O. The van der Waals surface area contributed by atoms with Crippen LogP contribution in [0.25, 0.3) is 0 Å². The van der Waals surface area contributed by atoms with E-state index in [1.807, 2.05) is 19.9 Å². The van der Waals surface area contributed by atoms with Crippen LogP contribution < -0.4 is 10.2 Å². The number of carbonyl (C=O) groups excluding carboxylic acids is 1. The fraction of sp³-hybridized carbons (Fsp3) is 0.444. The molecule has 3 rings (SSSR count). The molecular weight excluding hydrogens is 316 g/mol. The molecule has 1 atom stereocenters. The van der Waals surface area contributed by atoms with Crippen LogP contribution in [0.4, 0.5) is 11.5 Å². The molecule has 1 aliphatic rings. The SMILES string of the molecule is CC(=O)Nc1cn[nH]c1C1CCCN(c2nc(C)cc(C)c2C#N)C1. The number of carbonyl (C=O) groups is 1. The van der Waals surface area contributed by atoms with Gasteiger partial charge in [0.2, 0.25) is 5.91 Å². The molecule has 0 saturated carbocycles. The Morgan fingerprint density at radius 1 is 1.48 bits per heavy atom.